The van der Waals surface area contributed by atoms with Crippen LogP contribution in [0.25, 0.3) is 0 Å². The molecule has 1 aliphatic heterocycles. The summed E-state index contributed by atoms with van der Waals surface area (Å²) in [7, 11) is -3.81. The molecule has 0 amide bonds. The average Bonchev–Trinajstić information content (AvgIpc) is 3.20. The molecule has 28 heavy (non-hydrogen) atoms. The fourth-order valence-corrected chi connectivity index (χ4v) is 4.20. The SMILES string of the molecule is O=C(CC(C[N+](=O)[O-])C1OCCCO1)c1ccn(S(=O)(=O)c2ccccc2)c1. The van der Waals surface area contributed by atoms with Crippen molar-refractivity contribution in [3.05, 3.63) is 64.5 Å². The maximum Gasteiger partial charge on any atom is 0.267 e. The number of ether oxygens (including phenoxy) is 2. The normalized spacial score (nSPS) is 16.6. The summed E-state index contributed by atoms with van der Waals surface area (Å²) >= 11 is 0. The number of carbonyl (C=O) groups is 1. The molecule has 1 saturated heterocycles. The van der Waals surface area contributed by atoms with E-state index in [9.17, 15) is 23.3 Å². The van der Waals surface area contributed by atoms with Crippen molar-refractivity contribution >= 4 is 15.8 Å². The highest BCUT2D eigenvalue weighted by Crippen LogP contribution is 2.22. The largest absolute Gasteiger partial charge is 0.352 e. The first-order valence-electron chi connectivity index (χ1n) is 8.75. The van der Waals surface area contributed by atoms with E-state index in [1.54, 1.807) is 18.2 Å². The van der Waals surface area contributed by atoms with Gasteiger partial charge >= 0.3 is 0 Å². The predicted octanol–water partition coefficient (Wildman–Crippen LogP) is 1.95. The second-order valence-corrected chi connectivity index (χ2v) is 8.26. The summed E-state index contributed by atoms with van der Waals surface area (Å²) in [5.74, 6) is -1.16. The van der Waals surface area contributed by atoms with Crippen LogP contribution < -0.4 is 0 Å². The lowest BCUT2D eigenvalue weighted by Gasteiger charge is -2.28. The summed E-state index contributed by atoms with van der Waals surface area (Å²) in [6.07, 6.45) is 2.19. The van der Waals surface area contributed by atoms with Crippen LogP contribution in [0.3, 0.4) is 0 Å². The fourth-order valence-electron chi connectivity index (χ4n) is 2.98. The highest BCUT2D eigenvalue weighted by molar-refractivity contribution is 7.90. The Morgan fingerprint density at radius 3 is 2.54 bits per heavy atom. The minimum absolute atomic E-state index is 0.0971. The molecule has 2 heterocycles. The van der Waals surface area contributed by atoms with Gasteiger partial charge in [-0.25, -0.2) is 12.4 Å². The molecule has 0 saturated carbocycles. The van der Waals surface area contributed by atoms with Crippen molar-refractivity contribution in [2.75, 3.05) is 19.8 Å². The molecule has 3 rings (SSSR count). The maximum atomic E-state index is 12.6. The van der Waals surface area contributed by atoms with Gasteiger partial charge in [0.1, 0.15) is 0 Å². The van der Waals surface area contributed by atoms with Crippen LogP contribution >= 0.6 is 0 Å². The zero-order valence-electron chi connectivity index (χ0n) is 15.0. The third-order valence-electron chi connectivity index (χ3n) is 4.38. The lowest BCUT2D eigenvalue weighted by molar-refractivity contribution is -0.494. The number of ketones is 1. The molecule has 0 N–H and O–H groups in total. The number of nitro groups is 1. The van der Waals surface area contributed by atoms with Gasteiger partial charge in [0.15, 0.2) is 12.1 Å². The zero-order valence-corrected chi connectivity index (χ0v) is 15.8. The smallest absolute Gasteiger partial charge is 0.267 e. The Morgan fingerprint density at radius 1 is 1.21 bits per heavy atom. The van der Waals surface area contributed by atoms with Gasteiger partial charge in [0.05, 0.1) is 24.0 Å². The third kappa shape index (κ3) is 4.64. The van der Waals surface area contributed by atoms with Crippen molar-refractivity contribution in [1.29, 1.82) is 0 Å². The predicted molar refractivity (Wildman–Crippen MR) is 98.1 cm³/mol. The molecule has 0 aliphatic carbocycles. The van der Waals surface area contributed by atoms with E-state index >= 15 is 0 Å². The molecule has 1 fully saturated rings. The number of benzene rings is 1. The van der Waals surface area contributed by atoms with Gasteiger partial charge in [-0.15, -0.1) is 0 Å². The number of nitrogens with zero attached hydrogens (tertiary/aromatic N) is 2. The van der Waals surface area contributed by atoms with Gasteiger partial charge in [-0.1, -0.05) is 18.2 Å². The first-order valence-corrected chi connectivity index (χ1v) is 10.2. The van der Waals surface area contributed by atoms with Crippen molar-refractivity contribution in [2.24, 2.45) is 5.92 Å². The lowest BCUT2D eigenvalue weighted by atomic mass is 9.98. The van der Waals surface area contributed by atoms with Gasteiger partial charge in [-0.05, 0) is 24.6 Å². The molecule has 1 aliphatic rings. The van der Waals surface area contributed by atoms with Gasteiger partial charge in [0.2, 0.25) is 6.54 Å². The van der Waals surface area contributed by atoms with Gasteiger partial charge in [-0.3, -0.25) is 14.9 Å². The Balaban J connectivity index is 1.76. The lowest BCUT2D eigenvalue weighted by Crippen LogP contribution is -2.37. The molecule has 0 bridgehead atoms. The van der Waals surface area contributed by atoms with Crippen LogP contribution in [-0.2, 0) is 19.5 Å². The van der Waals surface area contributed by atoms with Crippen molar-refractivity contribution < 1.29 is 27.6 Å². The summed E-state index contributed by atoms with van der Waals surface area (Å²) in [5.41, 5.74) is 0.156. The molecular weight excluding hydrogens is 388 g/mol. The Morgan fingerprint density at radius 2 is 1.89 bits per heavy atom. The van der Waals surface area contributed by atoms with Crippen LogP contribution in [0.1, 0.15) is 23.2 Å². The van der Waals surface area contributed by atoms with Gasteiger partial charge in [0, 0.05) is 29.3 Å². The topological polar surface area (TPSA) is 118 Å². The zero-order chi connectivity index (χ0) is 20.1. The van der Waals surface area contributed by atoms with E-state index < -0.39 is 39.5 Å². The molecule has 1 unspecified atom stereocenters. The summed E-state index contributed by atoms with van der Waals surface area (Å²) in [5, 5.41) is 11.0. The van der Waals surface area contributed by atoms with E-state index in [0.717, 1.165) is 3.97 Å². The molecular formula is C18H20N2O7S. The molecule has 2 aromatic rings. The van der Waals surface area contributed by atoms with E-state index in [4.69, 9.17) is 9.47 Å². The highest BCUT2D eigenvalue weighted by atomic mass is 32.2. The van der Waals surface area contributed by atoms with Crippen LogP contribution in [0.15, 0.2) is 53.7 Å². The minimum Gasteiger partial charge on any atom is -0.352 e. The van der Waals surface area contributed by atoms with Crippen LogP contribution in [0.4, 0.5) is 0 Å². The summed E-state index contributed by atoms with van der Waals surface area (Å²) in [4.78, 5) is 23.2. The first-order chi connectivity index (χ1) is 13.4. The quantitative estimate of drug-likeness (QED) is 0.372. The second-order valence-electron chi connectivity index (χ2n) is 6.41. The number of aromatic nitrogens is 1. The minimum atomic E-state index is -3.81. The van der Waals surface area contributed by atoms with Crippen LogP contribution in [0, 0.1) is 16.0 Å². The molecule has 10 heteroatoms. The monoisotopic (exact) mass is 408 g/mol. The third-order valence-corrected chi connectivity index (χ3v) is 6.03. The van der Waals surface area contributed by atoms with Crippen molar-refractivity contribution in [2.45, 2.75) is 24.0 Å². The number of rotatable bonds is 8. The molecule has 1 aromatic heterocycles. The van der Waals surface area contributed by atoms with E-state index in [2.05, 4.69) is 0 Å². The van der Waals surface area contributed by atoms with E-state index in [1.165, 1.54) is 30.6 Å². The van der Waals surface area contributed by atoms with Crippen LogP contribution in [-0.4, -0.2) is 49.1 Å². The van der Waals surface area contributed by atoms with Crippen LogP contribution in [0.2, 0.25) is 0 Å². The maximum absolute atomic E-state index is 12.6. The van der Waals surface area contributed by atoms with Gasteiger partial charge in [0.25, 0.3) is 10.0 Å². The van der Waals surface area contributed by atoms with Crippen molar-refractivity contribution in [1.82, 2.24) is 3.97 Å². The number of carbonyl (C=O) groups excluding carboxylic acids is 1. The highest BCUT2D eigenvalue weighted by Gasteiger charge is 2.32. The molecule has 0 radical (unpaired) electrons. The second kappa shape index (κ2) is 8.63. The number of hydrogen-bond acceptors (Lipinski definition) is 7. The Kier molecular flexibility index (Phi) is 6.22. The Hall–Kier alpha value is -2.56. The molecule has 9 nitrogen and oxygen atoms in total. The first kappa shape index (κ1) is 20.2. The van der Waals surface area contributed by atoms with Gasteiger partial charge < -0.3 is 9.47 Å². The van der Waals surface area contributed by atoms with Crippen LogP contribution in [0.5, 0.6) is 0 Å². The summed E-state index contributed by atoms with van der Waals surface area (Å²) in [6.45, 7) is 0.358. The average molecular weight is 408 g/mol. The Labute approximate surface area is 162 Å². The van der Waals surface area contributed by atoms with E-state index in [-0.39, 0.29) is 16.9 Å². The Bertz CT molecular complexity index is 934. The van der Waals surface area contributed by atoms with Gasteiger partial charge in [-0.2, -0.15) is 0 Å². The standard InChI is InChI=1S/C18H20N2O7S/c21-17(11-15(13-20(22)23)18-26-9-4-10-27-18)14-7-8-19(12-14)28(24,25)16-5-2-1-3-6-16/h1-3,5-8,12,15,18H,4,9-11,13H2. The summed E-state index contributed by atoms with van der Waals surface area (Å²) < 4.78 is 37.0. The van der Waals surface area contributed by atoms with E-state index in [0.29, 0.717) is 19.6 Å². The number of Topliss-reactive ketones (excluding diaryl/α,β-unsaturated/α-hetero) is 1. The van der Waals surface area contributed by atoms with Crippen molar-refractivity contribution in [3.8, 4) is 0 Å². The van der Waals surface area contributed by atoms with Crippen molar-refractivity contribution in [3.63, 3.8) is 0 Å². The van der Waals surface area contributed by atoms with E-state index in [1.807, 2.05) is 0 Å². The number of hydrogen-bond donors (Lipinski definition) is 0. The fraction of sp³-hybridized carbons (Fsp3) is 0.389. The molecule has 150 valence electrons. The summed E-state index contributed by atoms with van der Waals surface area (Å²) in [6, 6.07) is 9.22. The molecule has 1 atom stereocenters. The molecule has 0 spiro atoms. The molecule has 1 aromatic carbocycles.